The molecule has 0 bridgehead atoms. The average Bonchev–Trinajstić information content (AvgIpc) is 2.50. The quantitative estimate of drug-likeness (QED) is 0.756. The number of hydrogen-bond acceptors (Lipinski definition) is 2. The maximum absolute atomic E-state index is 2.65. The smallest absolute Gasteiger partial charge is 0.00385 e. The van der Waals surface area contributed by atoms with Crippen molar-refractivity contribution in [3.8, 4) is 0 Å². The largest absolute Gasteiger partial charge is 0.306 e. The lowest BCUT2D eigenvalue weighted by atomic mass is 9.63. The maximum Gasteiger partial charge on any atom is 0.00385 e. The summed E-state index contributed by atoms with van der Waals surface area (Å²) in [5.74, 6) is 1.88. The Hall–Kier alpha value is -0.0800. The normalized spacial score (nSPS) is 24.0. The van der Waals surface area contributed by atoms with Crippen LogP contribution in [0.1, 0.15) is 67.2 Å². The number of piperidine rings is 2. The molecular weight excluding hydrogens is 256 g/mol. The predicted octanol–water partition coefficient (Wildman–Crippen LogP) is 4.50. The highest BCUT2D eigenvalue weighted by molar-refractivity contribution is 4.90. The highest BCUT2D eigenvalue weighted by atomic mass is 15.1. The lowest BCUT2D eigenvalue weighted by Crippen LogP contribution is -2.46. The molecule has 21 heavy (non-hydrogen) atoms. The molecular formula is C19H40N2. The van der Waals surface area contributed by atoms with Crippen LogP contribution in [0.2, 0.25) is 0 Å². The molecule has 0 aromatic rings. The fourth-order valence-corrected chi connectivity index (χ4v) is 4.25. The SMILES string of the molecule is CC.CC(C)N1CCC(C(C)(C)C2CCN(C)CC2)CC1. The second kappa shape index (κ2) is 8.53. The summed E-state index contributed by atoms with van der Waals surface area (Å²) < 4.78 is 0. The van der Waals surface area contributed by atoms with E-state index in [-0.39, 0.29) is 0 Å². The molecule has 0 atom stereocenters. The fraction of sp³-hybridized carbons (Fsp3) is 1.00. The highest BCUT2D eigenvalue weighted by Crippen LogP contribution is 2.45. The van der Waals surface area contributed by atoms with Crippen LogP contribution in [-0.2, 0) is 0 Å². The van der Waals surface area contributed by atoms with Crippen molar-refractivity contribution in [3.05, 3.63) is 0 Å². The summed E-state index contributed by atoms with van der Waals surface area (Å²) in [7, 11) is 2.27. The van der Waals surface area contributed by atoms with Gasteiger partial charge < -0.3 is 9.80 Å². The molecule has 2 saturated heterocycles. The Bertz CT molecular complexity index is 269. The zero-order valence-electron chi connectivity index (χ0n) is 15.8. The molecule has 0 amide bonds. The minimum Gasteiger partial charge on any atom is -0.306 e. The molecule has 0 aromatic carbocycles. The monoisotopic (exact) mass is 296 g/mol. The van der Waals surface area contributed by atoms with Crippen LogP contribution >= 0.6 is 0 Å². The minimum absolute atomic E-state index is 0.546. The lowest BCUT2D eigenvalue weighted by Gasteiger charge is -2.48. The van der Waals surface area contributed by atoms with Gasteiger partial charge in [0.2, 0.25) is 0 Å². The van der Waals surface area contributed by atoms with Gasteiger partial charge in [0.15, 0.2) is 0 Å². The first-order chi connectivity index (χ1) is 9.91. The van der Waals surface area contributed by atoms with Gasteiger partial charge in [0.1, 0.15) is 0 Å². The number of likely N-dealkylation sites (tertiary alicyclic amines) is 2. The predicted molar refractivity (Wildman–Crippen MR) is 94.8 cm³/mol. The van der Waals surface area contributed by atoms with Crippen molar-refractivity contribution in [1.29, 1.82) is 0 Å². The van der Waals surface area contributed by atoms with Crippen molar-refractivity contribution in [2.75, 3.05) is 33.2 Å². The van der Waals surface area contributed by atoms with E-state index in [0.717, 1.165) is 17.9 Å². The van der Waals surface area contributed by atoms with Gasteiger partial charge in [0.25, 0.3) is 0 Å². The van der Waals surface area contributed by atoms with Crippen molar-refractivity contribution in [2.45, 2.75) is 73.3 Å². The second-order valence-electron chi connectivity index (χ2n) is 7.80. The number of nitrogens with zero attached hydrogens (tertiary/aromatic N) is 2. The Morgan fingerprint density at radius 3 is 1.57 bits per heavy atom. The molecule has 0 aliphatic carbocycles. The summed E-state index contributed by atoms with van der Waals surface area (Å²) in [6.45, 7) is 19.0. The molecule has 2 heteroatoms. The van der Waals surface area contributed by atoms with Crippen LogP contribution in [0.4, 0.5) is 0 Å². The van der Waals surface area contributed by atoms with Crippen LogP contribution < -0.4 is 0 Å². The first-order valence-corrected chi connectivity index (χ1v) is 9.34. The molecule has 0 unspecified atom stereocenters. The Kier molecular flexibility index (Phi) is 7.70. The Balaban J connectivity index is 0.00000106. The Labute approximate surface area is 134 Å². The van der Waals surface area contributed by atoms with Crippen molar-refractivity contribution >= 4 is 0 Å². The maximum atomic E-state index is 2.65. The van der Waals surface area contributed by atoms with Crippen LogP contribution in [0.3, 0.4) is 0 Å². The van der Waals surface area contributed by atoms with Gasteiger partial charge in [0.05, 0.1) is 0 Å². The summed E-state index contributed by atoms with van der Waals surface area (Å²) in [6, 6.07) is 0.729. The van der Waals surface area contributed by atoms with Crippen LogP contribution in [0.25, 0.3) is 0 Å². The number of rotatable bonds is 3. The molecule has 0 saturated carbocycles. The first kappa shape index (κ1) is 19.0. The van der Waals surface area contributed by atoms with Gasteiger partial charge in [-0.3, -0.25) is 0 Å². The van der Waals surface area contributed by atoms with Crippen LogP contribution in [0.15, 0.2) is 0 Å². The molecule has 2 heterocycles. The van der Waals surface area contributed by atoms with Gasteiger partial charge in [-0.15, -0.1) is 0 Å². The van der Waals surface area contributed by atoms with E-state index in [1.807, 2.05) is 13.8 Å². The summed E-state index contributed by atoms with van der Waals surface area (Å²) in [5, 5.41) is 0. The molecule has 126 valence electrons. The molecule has 2 nitrogen and oxygen atoms in total. The lowest BCUT2D eigenvalue weighted by molar-refractivity contribution is 0.0176. The molecule has 2 aliphatic heterocycles. The van der Waals surface area contributed by atoms with Gasteiger partial charge in [-0.25, -0.2) is 0 Å². The molecule has 0 radical (unpaired) electrons. The van der Waals surface area contributed by atoms with Gasteiger partial charge in [0, 0.05) is 6.04 Å². The van der Waals surface area contributed by atoms with Crippen LogP contribution in [0.5, 0.6) is 0 Å². The summed E-state index contributed by atoms with van der Waals surface area (Å²) in [4.78, 5) is 5.15. The van der Waals surface area contributed by atoms with E-state index >= 15 is 0 Å². The van der Waals surface area contributed by atoms with E-state index in [1.54, 1.807) is 0 Å². The van der Waals surface area contributed by atoms with E-state index in [0.29, 0.717) is 5.41 Å². The molecule has 0 aromatic heterocycles. The van der Waals surface area contributed by atoms with Gasteiger partial charge >= 0.3 is 0 Å². The molecule has 0 N–H and O–H groups in total. The van der Waals surface area contributed by atoms with Gasteiger partial charge in [-0.1, -0.05) is 27.7 Å². The van der Waals surface area contributed by atoms with Crippen molar-refractivity contribution in [2.24, 2.45) is 17.3 Å². The van der Waals surface area contributed by atoms with E-state index in [1.165, 1.54) is 51.9 Å². The third kappa shape index (κ3) is 4.96. The average molecular weight is 297 g/mol. The van der Waals surface area contributed by atoms with Crippen molar-refractivity contribution in [1.82, 2.24) is 9.80 Å². The molecule has 0 spiro atoms. The third-order valence-corrected chi connectivity index (χ3v) is 6.08. The van der Waals surface area contributed by atoms with Gasteiger partial charge in [-0.05, 0) is 90.0 Å². The summed E-state index contributed by atoms with van der Waals surface area (Å²) in [5.41, 5.74) is 0.546. The van der Waals surface area contributed by atoms with Gasteiger partial charge in [-0.2, -0.15) is 0 Å². The molecule has 2 aliphatic rings. The minimum atomic E-state index is 0.546. The van der Waals surface area contributed by atoms with E-state index in [9.17, 15) is 0 Å². The highest BCUT2D eigenvalue weighted by Gasteiger charge is 2.39. The first-order valence-electron chi connectivity index (χ1n) is 9.34. The zero-order chi connectivity index (χ0) is 16.0. The Morgan fingerprint density at radius 1 is 0.810 bits per heavy atom. The molecule has 2 fully saturated rings. The van der Waals surface area contributed by atoms with E-state index in [4.69, 9.17) is 0 Å². The third-order valence-electron chi connectivity index (χ3n) is 6.08. The summed E-state index contributed by atoms with van der Waals surface area (Å²) in [6.07, 6.45) is 5.65. The summed E-state index contributed by atoms with van der Waals surface area (Å²) >= 11 is 0. The van der Waals surface area contributed by atoms with Crippen LogP contribution in [0, 0.1) is 17.3 Å². The van der Waals surface area contributed by atoms with Crippen molar-refractivity contribution in [3.63, 3.8) is 0 Å². The second-order valence-corrected chi connectivity index (χ2v) is 7.80. The number of hydrogen-bond donors (Lipinski definition) is 0. The fourth-order valence-electron chi connectivity index (χ4n) is 4.25. The van der Waals surface area contributed by atoms with E-state index in [2.05, 4.69) is 44.5 Å². The topological polar surface area (TPSA) is 6.48 Å². The standard InChI is InChI=1S/C17H34N2.C2H6/c1-14(2)19-12-8-16(9-13-19)17(3,4)15-6-10-18(5)11-7-15;1-2/h14-16H,6-13H2,1-5H3;1-2H3. The zero-order valence-corrected chi connectivity index (χ0v) is 15.8. The molecule has 2 rings (SSSR count). The Morgan fingerprint density at radius 2 is 1.19 bits per heavy atom. The van der Waals surface area contributed by atoms with Crippen molar-refractivity contribution < 1.29 is 0 Å². The van der Waals surface area contributed by atoms with Crippen LogP contribution in [-0.4, -0.2) is 49.1 Å². The van der Waals surface area contributed by atoms with E-state index < -0.39 is 0 Å².